The van der Waals surface area contributed by atoms with Crippen LogP contribution < -0.4 is 20.7 Å². The van der Waals surface area contributed by atoms with Crippen LogP contribution in [-0.2, 0) is 34.2 Å². The van der Waals surface area contributed by atoms with E-state index in [0.717, 1.165) is 83.6 Å². The number of amides is 5. The van der Waals surface area contributed by atoms with E-state index in [1.54, 1.807) is 11.0 Å². The standard InChI is InChI=1S/C46H73N7O7S/c1-7-31-27-46(31,41(58)50-61(59,60)51-24-13-14-25-51)49-38(55)34-28-45(43(5,6)44(45)22-16-23-44)29-53(34)40(57)36(42(2,3)4)48-39(56)35(30-17-9-8-10-18-30)47-37(54)33-21-15-26-52(33)32-19-11-12-20-32/h7,30-36H,1,8-29H2,2-6H3,(H,47,54)(H,48,56)(H,49,55)(H,50,58). The first-order valence-electron chi connectivity index (χ1n) is 23.8. The van der Waals surface area contributed by atoms with E-state index in [4.69, 9.17) is 0 Å². The molecule has 4 N–H and O–H groups in total. The molecule has 5 amide bonds. The summed E-state index contributed by atoms with van der Waals surface area (Å²) in [4.78, 5) is 77.0. The van der Waals surface area contributed by atoms with E-state index < -0.39 is 57.0 Å². The number of hydrogen-bond acceptors (Lipinski definition) is 8. The molecular formula is C46H73N7O7S. The fourth-order valence-corrected chi connectivity index (χ4v) is 14.8. The largest absolute Gasteiger partial charge is 0.343 e. The molecule has 8 fully saturated rings. The molecule has 2 spiro atoms. The molecule has 5 saturated carbocycles. The molecule has 0 bridgehead atoms. The monoisotopic (exact) mass is 868 g/mol. The van der Waals surface area contributed by atoms with Crippen LogP contribution in [0.2, 0.25) is 0 Å². The van der Waals surface area contributed by atoms with Crippen molar-refractivity contribution in [3.8, 4) is 0 Å². The summed E-state index contributed by atoms with van der Waals surface area (Å²) < 4.78 is 29.9. The maximum absolute atomic E-state index is 15.3. The van der Waals surface area contributed by atoms with Crippen LogP contribution in [0.15, 0.2) is 12.7 Å². The van der Waals surface area contributed by atoms with Gasteiger partial charge in [0.2, 0.25) is 23.6 Å². The molecule has 8 aliphatic rings. The normalized spacial score (nSPS) is 33.5. The minimum Gasteiger partial charge on any atom is -0.343 e. The van der Waals surface area contributed by atoms with Gasteiger partial charge >= 0.3 is 10.2 Å². The van der Waals surface area contributed by atoms with Crippen LogP contribution >= 0.6 is 0 Å². The van der Waals surface area contributed by atoms with Crippen LogP contribution in [-0.4, -0.2) is 114 Å². The molecule has 15 heteroatoms. The lowest BCUT2D eigenvalue weighted by Gasteiger charge is -2.38. The minimum absolute atomic E-state index is 0.0148. The number of nitrogens with zero attached hydrogens (tertiary/aromatic N) is 3. The van der Waals surface area contributed by atoms with Crippen LogP contribution in [0, 0.1) is 33.5 Å². The molecule has 0 aromatic carbocycles. The van der Waals surface area contributed by atoms with Gasteiger partial charge in [0.15, 0.2) is 0 Å². The topological polar surface area (TPSA) is 177 Å². The van der Waals surface area contributed by atoms with Gasteiger partial charge in [0, 0.05) is 37.0 Å². The first-order valence-corrected chi connectivity index (χ1v) is 25.2. The summed E-state index contributed by atoms with van der Waals surface area (Å²) in [5.41, 5.74) is -2.77. The van der Waals surface area contributed by atoms with E-state index in [1.807, 2.05) is 20.8 Å². The van der Waals surface area contributed by atoms with E-state index in [0.29, 0.717) is 44.9 Å². The minimum atomic E-state index is -4.11. The van der Waals surface area contributed by atoms with Crippen molar-refractivity contribution in [1.29, 1.82) is 0 Å². The molecular weight excluding hydrogens is 795 g/mol. The van der Waals surface area contributed by atoms with E-state index in [9.17, 15) is 27.6 Å². The Balaban J connectivity index is 1.05. The van der Waals surface area contributed by atoms with Crippen molar-refractivity contribution in [3.05, 3.63) is 12.7 Å². The SMILES string of the molecule is C=CC1CC1(NC(=O)C1CC2(CN1C(=O)C(NC(=O)C(NC(=O)C1CCCN1C1CCCC1)C1CCCCC1)C(C)(C)C)C(C)(C)C21CCC1)C(=O)NS(=O)(=O)N1CCCC1. The Labute approximate surface area is 364 Å². The number of nitrogens with one attached hydrogen (secondary N) is 4. The third-order valence-electron chi connectivity index (χ3n) is 17.6. The molecule has 7 unspecified atom stereocenters. The summed E-state index contributed by atoms with van der Waals surface area (Å²) in [6, 6.07) is -2.61. The summed E-state index contributed by atoms with van der Waals surface area (Å²) in [6.07, 6.45) is 17.7. The van der Waals surface area contributed by atoms with Crippen molar-refractivity contribution in [2.45, 2.75) is 186 Å². The molecule has 8 rings (SSSR count). The summed E-state index contributed by atoms with van der Waals surface area (Å²) in [7, 11) is -4.11. The summed E-state index contributed by atoms with van der Waals surface area (Å²) in [6.45, 7) is 16.0. The zero-order valence-electron chi connectivity index (χ0n) is 37.5. The van der Waals surface area contributed by atoms with Gasteiger partial charge in [0.1, 0.15) is 23.7 Å². The average Bonchev–Trinajstić information content (AvgIpc) is 3.75. The van der Waals surface area contributed by atoms with Crippen molar-refractivity contribution >= 4 is 39.7 Å². The number of carbonyl (C=O) groups is 5. The highest BCUT2D eigenvalue weighted by molar-refractivity contribution is 7.87. The number of fused-ring (bicyclic) bond motifs is 1. The smallest absolute Gasteiger partial charge is 0.303 e. The number of likely N-dealkylation sites (tertiary alicyclic amines) is 2. The van der Waals surface area contributed by atoms with Crippen LogP contribution in [0.4, 0.5) is 0 Å². The molecule has 0 radical (unpaired) electrons. The van der Waals surface area contributed by atoms with Gasteiger partial charge in [-0.05, 0) is 106 Å². The first kappa shape index (κ1) is 44.6. The lowest BCUT2D eigenvalue weighted by atomic mass is 9.73. The Morgan fingerprint density at radius 3 is 1.98 bits per heavy atom. The van der Waals surface area contributed by atoms with Gasteiger partial charge in [-0.3, -0.25) is 28.9 Å². The Kier molecular flexibility index (Phi) is 11.8. The van der Waals surface area contributed by atoms with Gasteiger partial charge in [-0.2, -0.15) is 12.7 Å². The van der Waals surface area contributed by atoms with E-state index in [1.165, 1.54) is 17.1 Å². The van der Waals surface area contributed by atoms with Crippen LogP contribution in [0.25, 0.3) is 0 Å². The van der Waals surface area contributed by atoms with Crippen molar-refractivity contribution in [2.24, 2.45) is 33.5 Å². The first-order chi connectivity index (χ1) is 28.8. The second-order valence-corrected chi connectivity index (χ2v) is 23.6. The Morgan fingerprint density at radius 1 is 0.754 bits per heavy atom. The lowest BCUT2D eigenvalue weighted by molar-refractivity contribution is -0.145. The molecule has 340 valence electrons. The van der Waals surface area contributed by atoms with Gasteiger partial charge in [-0.25, -0.2) is 4.72 Å². The second-order valence-electron chi connectivity index (χ2n) is 21.9. The Hall–Kier alpha value is -3.04. The van der Waals surface area contributed by atoms with Gasteiger partial charge in [0.05, 0.1) is 6.04 Å². The predicted octanol–water partition coefficient (Wildman–Crippen LogP) is 4.30. The third kappa shape index (κ3) is 7.55. The summed E-state index contributed by atoms with van der Waals surface area (Å²) in [5, 5.41) is 9.40. The summed E-state index contributed by atoms with van der Waals surface area (Å²) in [5.74, 6) is -2.67. The van der Waals surface area contributed by atoms with Gasteiger partial charge in [0.25, 0.3) is 5.91 Å². The van der Waals surface area contributed by atoms with Crippen LogP contribution in [0.1, 0.15) is 150 Å². The van der Waals surface area contributed by atoms with Crippen molar-refractivity contribution in [3.63, 3.8) is 0 Å². The molecule has 5 aliphatic carbocycles. The highest BCUT2D eigenvalue weighted by Gasteiger charge is 2.85. The lowest BCUT2D eigenvalue weighted by Crippen LogP contribution is -2.63. The molecule has 61 heavy (non-hydrogen) atoms. The van der Waals surface area contributed by atoms with Crippen molar-refractivity contribution in [2.75, 3.05) is 26.2 Å². The molecule has 3 heterocycles. The number of hydrogen-bond donors (Lipinski definition) is 4. The number of rotatable bonds is 13. The van der Waals surface area contributed by atoms with E-state index in [-0.39, 0.29) is 52.3 Å². The van der Waals surface area contributed by atoms with E-state index in [2.05, 4.69) is 46.0 Å². The fourth-order valence-electron chi connectivity index (χ4n) is 13.5. The average molecular weight is 868 g/mol. The van der Waals surface area contributed by atoms with Crippen LogP contribution in [0.3, 0.4) is 0 Å². The van der Waals surface area contributed by atoms with Crippen molar-refractivity contribution in [1.82, 2.24) is 34.8 Å². The molecule has 0 aromatic heterocycles. The fraction of sp³-hybridized carbons (Fsp3) is 0.848. The number of carbonyl (C=O) groups excluding carboxylic acids is 5. The molecule has 0 aromatic rings. The molecule has 3 saturated heterocycles. The summed E-state index contributed by atoms with van der Waals surface area (Å²) >= 11 is 0. The highest BCUT2D eigenvalue weighted by atomic mass is 32.2. The zero-order valence-corrected chi connectivity index (χ0v) is 38.3. The second kappa shape index (κ2) is 16.2. The van der Waals surface area contributed by atoms with Gasteiger partial charge in [-0.15, -0.1) is 6.58 Å². The Bertz CT molecular complexity index is 1880. The molecule has 14 nitrogen and oxygen atoms in total. The Morgan fingerprint density at radius 2 is 1.41 bits per heavy atom. The predicted molar refractivity (Wildman–Crippen MR) is 232 cm³/mol. The third-order valence-corrected chi connectivity index (χ3v) is 19.1. The molecule has 3 aliphatic heterocycles. The maximum atomic E-state index is 15.3. The zero-order chi connectivity index (χ0) is 43.8. The van der Waals surface area contributed by atoms with Crippen molar-refractivity contribution < 1.29 is 32.4 Å². The van der Waals surface area contributed by atoms with Crippen LogP contribution in [0.5, 0.6) is 0 Å². The van der Waals surface area contributed by atoms with Gasteiger partial charge < -0.3 is 20.9 Å². The van der Waals surface area contributed by atoms with Gasteiger partial charge in [-0.1, -0.05) is 79.2 Å². The highest BCUT2D eigenvalue weighted by Crippen LogP contribution is 2.88. The maximum Gasteiger partial charge on any atom is 0.303 e. The van der Waals surface area contributed by atoms with E-state index >= 15 is 4.79 Å². The quantitative estimate of drug-likeness (QED) is 0.198. The molecule has 7 atom stereocenters.